The fourth-order valence-corrected chi connectivity index (χ4v) is 1.81. The van der Waals surface area contributed by atoms with Crippen LogP contribution in [0.15, 0.2) is 18.2 Å². The fourth-order valence-electron chi connectivity index (χ4n) is 1.81. The number of anilines is 2. The van der Waals surface area contributed by atoms with Gasteiger partial charge in [-0.3, -0.25) is 9.59 Å². The Morgan fingerprint density at radius 1 is 1.30 bits per heavy atom. The van der Waals surface area contributed by atoms with E-state index in [1.807, 2.05) is 0 Å². The van der Waals surface area contributed by atoms with Gasteiger partial charge in [-0.2, -0.15) is 0 Å². The molecule has 0 heterocycles. The number of hydrogen-bond donors (Lipinski definition) is 3. The molecule has 1 saturated carbocycles. The third-order valence-electron chi connectivity index (χ3n) is 2.98. The highest BCUT2D eigenvalue weighted by Gasteiger charge is 2.20. The highest BCUT2D eigenvalue weighted by molar-refractivity contribution is 5.94. The maximum atomic E-state index is 13.4. The van der Waals surface area contributed by atoms with Crippen molar-refractivity contribution in [3.05, 3.63) is 24.0 Å². The van der Waals surface area contributed by atoms with E-state index in [0.29, 0.717) is 11.6 Å². The second-order valence-electron chi connectivity index (χ2n) is 5.00. The Labute approximate surface area is 116 Å². The molecule has 2 rings (SSSR count). The number of carbonyl (C=O) groups excluding carboxylic acids is 2. The molecule has 1 aliphatic rings. The van der Waals surface area contributed by atoms with Gasteiger partial charge in [0.05, 0.1) is 12.2 Å². The molecule has 0 saturated heterocycles. The highest BCUT2D eigenvalue weighted by Crippen LogP contribution is 2.27. The maximum Gasteiger partial charge on any atom is 0.238 e. The number of rotatable bonds is 6. The normalized spacial score (nSPS) is 13.9. The van der Waals surface area contributed by atoms with Crippen molar-refractivity contribution in [3.63, 3.8) is 0 Å². The summed E-state index contributed by atoms with van der Waals surface area (Å²) in [4.78, 5) is 22.6. The second-order valence-corrected chi connectivity index (χ2v) is 5.00. The van der Waals surface area contributed by atoms with Gasteiger partial charge in [0, 0.05) is 12.6 Å². The zero-order valence-electron chi connectivity index (χ0n) is 11.3. The van der Waals surface area contributed by atoms with Crippen molar-refractivity contribution in [2.24, 2.45) is 5.92 Å². The Morgan fingerprint density at radius 2 is 2.05 bits per heavy atom. The number of nitrogens with one attached hydrogen (secondary N) is 3. The molecule has 108 valence electrons. The Balaban J connectivity index is 1.87. The molecule has 0 aromatic heterocycles. The van der Waals surface area contributed by atoms with Gasteiger partial charge in [0.2, 0.25) is 11.8 Å². The minimum atomic E-state index is -0.537. The second kappa shape index (κ2) is 6.47. The Kier molecular flexibility index (Phi) is 4.68. The summed E-state index contributed by atoms with van der Waals surface area (Å²) in [5, 5.41) is 8.10. The molecule has 0 spiro atoms. The molecular weight excluding hydrogens is 261 g/mol. The van der Waals surface area contributed by atoms with E-state index in [4.69, 9.17) is 0 Å². The van der Waals surface area contributed by atoms with Gasteiger partial charge in [0.1, 0.15) is 5.82 Å². The van der Waals surface area contributed by atoms with Crippen molar-refractivity contribution < 1.29 is 14.0 Å². The lowest BCUT2D eigenvalue weighted by Crippen LogP contribution is -2.29. The van der Waals surface area contributed by atoms with E-state index in [1.54, 1.807) is 0 Å². The zero-order chi connectivity index (χ0) is 14.5. The van der Waals surface area contributed by atoms with Crippen LogP contribution in [0.25, 0.3) is 0 Å². The smallest absolute Gasteiger partial charge is 0.238 e. The van der Waals surface area contributed by atoms with Crippen molar-refractivity contribution in [2.45, 2.75) is 19.8 Å². The summed E-state index contributed by atoms with van der Waals surface area (Å²) in [5.74, 6) is -0.380. The number of amides is 2. The summed E-state index contributed by atoms with van der Waals surface area (Å²) in [6, 6.07) is 4.06. The molecule has 1 aromatic carbocycles. The molecule has 6 heteroatoms. The average molecular weight is 279 g/mol. The third kappa shape index (κ3) is 4.62. The lowest BCUT2D eigenvalue weighted by atomic mass is 10.2. The molecule has 2 amide bonds. The van der Waals surface area contributed by atoms with Crippen LogP contribution in [0.1, 0.15) is 19.8 Å². The lowest BCUT2D eigenvalue weighted by Gasteiger charge is -2.09. The fraction of sp³-hybridized carbons (Fsp3) is 0.429. The van der Waals surface area contributed by atoms with Crippen molar-refractivity contribution in [1.82, 2.24) is 5.32 Å². The highest BCUT2D eigenvalue weighted by atomic mass is 19.1. The molecule has 3 N–H and O–H groups in total. The van der Waals surface area contributed by atoms with Crippen LogP contribution in [0.2, 0.25) is 0 Å². The minimum absolute atomic E-state index is 0.0567. The molecule has 20 heavy (non-hydrogen) atoms. The van der Waals surface area contributed by atoms with E-state index in [2.05, 4.69) is 16.0 Å². The van der Waals surface area contributed by atoms with Gasteiger partial charge in [0.15, 0.2) is 0 Å². The molecule has 1 aliphatic carbocycles. The van der Waals surface area contributed by atoms with Crippen molar-refractivity contribution in [3.8, 4) is 0 Å². The minimum Gasteiger partial charge on any atom is -0.325 e. The summed E-state index contributed by atoms with van der Waals surface area (Å²) in [6.45, 7) is 2.38. The van der Waals surface area contributed by atoms with Gasteiger partial charge >= 0.3 is 0 Å². The van der Waals surface area contributed by atoms with E-state index < -0.39 is 5.82 Å². The predicted molar refractivity (Wildman–Crippen MR) is 74.9 cm³/mol. The SMILES string of the molecule is CC(=O)Nc1cc(NC(=O)CNCC2CC2)ccc1F. The van der Waals surface area contributed by atoms with Crippen LogP contribution >= 0.6 is 0 Å². The first-order chi connectivity index (χ1) is 9.54. The molecule has 0 atom stereocenters. The van der Waals surface area contributed by atoms with Crippen LogP contribution in [0.4, 0.5) is 15.8 Å². The molecular formula is C14H18FN3O2. The van der Waals surface area contributed by atoms with Crippen molar-refractivity contribution in [2.75, 3.05) is 23.7 Å². The Bertz CT molecular complexity index is 515. The first-order valence-corrected chi connectivity index (χ1v) is 6.62. The van der Waals surface area contributed by atoms with E-state index in [-0.39, 0.29) is 24.0 Å². The van der Waals surface area contributed by atoms with Crippen LogP contribution in [0.5, 0.6) is 0 Å². The van der Waals surface area contributed by atoms with Gasteiger partial charge in [-0.05, 0) is 43.5 Å². The maximum absolute atomic E-state index is 13.4. The topological polar surface area (TPSA) is 70.2 Å². The van der Waals surface area contributed by atoms with Gasteiger partial charge in [-0.25, -0.2) is 4.39 Å². The Hall–Kier alpha value is -1.95. The third-order valence-corrected chi connectivity index (χ3v) is 2.98. The van der Waals surface area contributed by atoms with Crippen LogP contribution in [0, 0.1) is 11.7 Å². The number of hydrogen-bond acceptors (Lipinski definition) is 3. The van der Waals surface area contributed by atoms with Crippen LogP contribution in [-0.2, 0) is 9.59 Å². The molecule has 0 unspecified atom stereocenters. The molecule has 5 nitrogen and oxygen atoms in total. The van der Waals surface area contributed by atoms with Crippen LogP contribution in [0.3, 0.4) is 0 Å². The number of halogens is 1. The molecule has 1 aromatic rings. The van der Waals surface area contributed by atoms with Crippen molar-refractivity contribution >= 4 is 23.2 Å². The first-order valence-electron chi connectivity index (χ1n) is 6.62. The Morgan fingerprint density at radius 3 is 2.70 bits per heavy atom. The quantitative estimate of drug-likeness (QED) is 0.742. The van der Waals surface area contributed by atoms with Gasteiger partial charge in [-0.15, -0.1) is 0 Å². The van der Waals surface area contributed by atoms with E-state index in [1.165, 1.54) is 38.0 Å². The average Bonchev–Trinajstić information content (AvgIpc) is 3.17. The van der Waals surface area contributed by atoms with Gasteiger partial charge in [0.25, 0.3) is 0 Å². The van der Waals surface area contributed by atoms with Crippen LogP contribution < -0.4 is 16.0 Å². The summed E-state index contributed by atoms with van der Waals surface area (Å²) >= 11 is 0. The summed E-state index contributed by atoms with van der Waals surface area (Å²) in [6.07, 6.45) is 2.46. The summed E-state index contributed by atoms with van der Waals surface area (Å²) < 4.78 is 13.4. The molecule has 0 radical (unpaired) electrons. The van der Waals surface area contributed by atoms with Gasteiger partial charge in [-0.1, -0.05) is 0 Å². The van der Waals surface area contributed by atoms with Gasteiger partial charge < -0.3 is 16.0 Å². The number of carbonyl (C=O) groups is 2. The predicted octanol–water partition coefficient (Wildman–Crippen LogP) is 1.72. The largest absolute Gasteiger partial charge is 0.325 e. The standard InChI is InChI=1S/C14H18FN3O2/c1-9(19)17-13-6-11(4-5-12(13)15)18-14(20)8-16-7-10-2-3-10/h4-6,10,16H,2-3,7-8H2,1H3,(H,17,19)(H,18,20). The molecule has 0 bridgehead atoms. The van der Waals surface area contributed by atoms with E-state index in [9.17, 15) is 14.0 Å². The first kappa shape index (κ1) is 14.5. The van der Waals surface area contributed by atoms with Crippen molar-refractivity contribution in [1.29, 1.82) is 0 Å². The monoisotopic (exact) mass is 279 g/mol. The number of benzene rings is 1. The summed E-state index contributed by atoms with van der Waals surface area (Å²) in [5.41, 5.74) is 0.509. The van der Waals surface area contributed by atoms with E-state index >= 15 is 0 Å². The lowest BCUT2D eigenvalue weighted by molar-refractivity contribution is -0.115. The van der Waals surface area contributed by atoms with Crippen LogP contribution in [-0.4, -0.2) is 24.9 Å². The molecule has 1 fully saturated rings. The zero-order valence-corrected chi connectivity index (χ0v) is 11.3. The summed E-state index contributed by atoms with van der Waals surface area (Å²) in [7, 11) is 0. The van der Waals surface area contributed by atoms with E-state index in [0.717, 1.165) is 6.54 Å². The molecule has 0 aliphatic heterocycles.